The number of ether oxygens (including phenoxy) is 1. The van der Waals surface area contributed by atoms with E-state index < -0.39 is 38.6 Å². The molecule has 12 heteroatoms. The number of carbonyl (C=O) groups excluding carboxylic acids is 1. The van der Waals surface area contributed by atoms with Crippen molar-refractivity contribution >= 4 is 33.2 Å². The van der Waals surface area contributed by atoms with Gasteiger partial charge in [0.2, 0.25) is 5.91 Å². The van der Waals surface area contributed by atoms with Gasteiger partial charge >= 0.3 is 6.18 Å². The maximum Gasteiger partial charge on any atom is 0.416 e. The van der Waals surface area contributed by atoms with Crippen LogP contribution in [-0.2, 0) is 21.0 Å². The zero-order chi connectivity index (χ0) is 27.2. The van der Waals surface area contributed by atoms with Crippen molar-refractivity contribution in [2.24, 2.45) is 5.92 Å². The van der Waals surface area contributed by atoms with Gasteiger partial charge < -0.3 is 10.1 Å². The first-order valence-corrected chi connectivity index (χ1v) is 13.5. The molecule has 1 N–H and O–H groups in total. The Balaban J connectivity index is 1.56. The zero-order valence-corrected chi connectivity index (χ0v) is 21.2. The highest BCUT2D eigenvalue weighted by atomic mass is 35.5. The van der Waals surface area contributed by atoms with E-state index >= 15 is 0 Å². The number of amides is 1. The van der Waals surface area contributed by atoms with Crippen LogP contribution < -0.4 is 14.4 Å². The summed E-state index contributed by atoms with van der Waals surface area (Å²) in [6, 6.07) is 12.1. The second-order valence-corrected chi connectivity index (χ2v) is 11.3. The Morgan fingerprint density at radius 3 is 2.53 bits per heavy atom. The molecule has 1 saturated carbocycles. The van der Waals surface area contributed by atoms with Crippen LogP contribution in [0.5, 0.6) is 5.75 Å². The molecule has 1 atom stereocenters. The minimum atomic E-state index is -4.74. The first kappa shape index (κ1) is 26.3. The predicted octanol–water partition coefficient (Wildman–Crippen LogP) is 5.65. The summed E-state index contributed by atoms with van der Waals surface area (Å²) < 4.78 is 88.5. The monoisotopic (exact) mass is 568 g/mol. The second kappa shape index (κ2) is 9.77. The number of sulfonamides is 1. The number of nitrogens with zero attached hydrogens (tertiary/aromatic N) is 1. The molecule has 3 aromatic rings. The molecule has 0 spiro atoms. The van der Waals surface area contributed by atoms with E-state index in [1.807, 2.05) is 0 Å². The largest absolute Gasteiger partial charge is 0.484 e. The lowest BCUT2D eigenvalue weighted by Gasteiger charge is -2.36. The van der Waals surface area contributed by atoms with E-state index in [0.717, 1.165) is 35.3 Å². The number of benzene rings is 3. The lowest BCUT2D eigenvalue weighted by Crippen LogP contribution is -2.48. The van der Waals surface area contributed by atoms with E-state index in [2.05, 4.69) is 5.32 Å². The first-order chi connectivity index (χ1) is 17.9. The van der Waals surface area contributed by atoms with Crippen molar-refractivity contribution in [3.8, 4) is 16.9 Å². The van der Waals surface area contributed by atoms with Crippen LogP contribution in [0.1, 0.15) is 18.4 Å². The molecule has 3 aromatic carbocycles. The fourth-order valence-corrected chi connectivity index (χ4v) is 5.98. The Morgan fingerprint density at radius 1 is 1.08 bits per heavy atom. The molecule has 1 heterocycles. The molecule has 200 valence electrons. The van der Waals surface area contributed by atoms with Crippen molar-refractivity contribution in [2.75, 3.05) is 17.4 Å². The molecule has 0 unspecified atom stereocenters. The maximum atomic E-state index is 14.1. The number of nitrogens with one attached hydrogen (secondary N) is 1. The highest BCUT2D eigenvalue weighted by molar-refractivity contribution is 7.92. The average Bonchev–Trinajstić information content (AvgIpc) is 3.73. The van der Waals surface area contributed by atoms with E-state index in [4.69, 9.17) is 16.3 Å². The molecule has 2 aliphatic rings. The van der Waals surface area contributed by atoms with Gasteiger partial charge in [0.05, 0.1) is 34.3 Å². The Kier molecular flexibility index (Phi) is 6.77. The van der Waals surface area contributed by atoms with E-state index in [9.17, 15) is 30.8 Å². The number of hydrogen-bond donors (Lipinski definition) is 1. The lowest BCUT2D eigenvalue weighted by molar-refractivity contribution is -0.137. The molecule has 1 aliphatic heterocycles. The fourth-order valence-electron chi connectivity index (χ4n) is 4.20. The minimum absolute atomic E-state index is 0.000853. The van der Waals surface area contributed by atoms with Crippen LogP contribution in [0, 0.1) is 11.7 Å². The van der Waals surface area contributed by atoms with Gasteiger partial charge in [-0.1, -0.05) is 35.9 Å². The molecule has 0 aromatic heterocycles. The summed E-state index contributed by atoms with van der Waals surface area (Å²) in [6.07, 6.45) is -4.00. The molecule has 1 amide bonds. The summed E-state index contributed by atoms with van der Waals surface area (Å²) in [5.41, 5.74) is -0.392. The fraction of sp³-hybridized carbons (Fsp3) is 0.269. The van der Waals surface area contributed by atoms with Crippen LogP contribution in [0.3, 0.4) is 0 Å². The first-order valence-electron chi connectivity index (χ1n) is 11.7. The molecular weight excluding hydrogens is 548 g/mol. The summed E-state index contributed by atoms with van der Waals surface area (Å²) in [4.78, 5) is 11.6. The van der Waals surface area contributed by atoms with Crippen LogP contribution in [0.25, 0.3) is 11.1 Å². The highest BCUT2D eigenvalue weighted by Crippen LogP contribution is 2.42. The Labute approximate surface area is 221 Å². The van der Waals surface area contributed by atoms with Crippen LogP contribution >= 0.6 is 11.6 Å². The van der Waals surface area contributed by atoms with Gasteiger partial charge in [0.15, 0.2) is 0 Å². The Hall–Kier alpha value is -3.31. The topological polar surface area (TPSA) is 75.7 Å². The SMILES string of the molecule is O=C(NC[C@H]1CN(S(=O)(=O)c2cccc(C(F)(F)F)c2)c2cc(-c3cccc(F)c3Cl)ccc2O1)C1CC1. The van der Waals surface area contributed by atoms with Crippen molar-refractivity contribution in [1.29, 1.82) is 0 Å². The second-order valence-electron chi connectivity index (χ2n) is 9.10. The molecule has 38 heavy (non-hydrogen) atoms. The average molecular weight is 569 g/mol. The highest BCUT2D eigenvalue weighted by Gasteiger charge is 2.38. The van der Waals surface area contributed by atoms with Gasteiger partial charge in [0.1, 0.15) is 17.7 Å². The van der Waals surface area contributed by atoms with Gasteiger partial charge in [-0.25, -0.2) is 12.8 Å². The van der Waals surface area contributed by atoms with Gasteiger partial charge in [0, 0.05) is 11.5 Å². The van der Waals surface area contributed by atoms with Gasteiger partial charge in [-0.15, -0.1) is 0 Å². The predicted molar refractivity (Wildman–Crippen MR) is 133 cm³/mol. The van der Waals surface area contributed by atoms with Crippen LogP contribution in [-0.4, -0.2) is 33.5 Å². The van der Waals surface area contributed by atoms with Gasteiger partial charge in [0.25, 0.3) is 10.0 Å². The minimum Gasteiger partial charge on any atom is -0.484 e. The van der Waals surface area contributed by atoms with Crippen molar-refractivity contribution in [1.82, 2.24) is 5.32 Å². The van der Waals surface area contributed by atoms with Crippen LogP contribution in [0.2, 0.25) is 5.02 Å². The molecule has 5 rings (SSSR count). The molecule has 0 bridgehead atoms. The number of hydrogen-bond acceptors (Lipinski definition) is 4. The number of fused-ring (bicyclic) bond motifs is 1. The van der Waals surface area contributed by atoms with E-state index in [0.29, 0.717) is 17.2 Å². The number of rotatable bonds is 6. The third kappa shape index (κ3) is 5.17. The number of carbonyl (C=O) groups is 1. The van der Waals surface area contributed by atoms with Gasteiger partial charge in [-0.2, -0.15) is 13.2 Å². The molecule has 0 radical (unpaired) electrons. The molecule has 6 nitrogen and oxygen atoms in total. The summed E-state index contributed by atoms with van der Waals surface area (Å²) in [7, 11) is -4.52. The van der Waals surface area contributed by atoms with Gasteiger partial charge in [-0.3, -0.25) is 9.10 Å². The third-order valence-electron chi connectivity index (χ3n) is 6.35. The number of anilines is 1. The van der Waals surface area contributed by atoms with Crippen LogP contribution in [0.4, 0.5) is 23.2 Å². The third-order valence-corrected chi connectivity index (χ3v) is 8.51. The van der Waals surface area contributed by atoms with Gasteiger partial charge in [-0.05, 0) is 54.8 Å². The quantitative estimate of drug-likeness (QED) is 0.390. The smallest absolute Gasteiger partial charge is 0.416 e. The Bertz CT molecular complexity index is 1510. The van der Waals surface area contributed by atoms with Crippen molar-refractivity contribution < 1.29 is 35.5 Å². The van der Waals surface area contributed by atoms with Crippen molar-refractivity contribution in [3.63, 3.8) is 0 Å². The molecule has 1 fully saturated rings. The van der Waals surface area contributed by atoms with Crippen molar-refractivity contribution in [3.05, 3.63) is 77.1 Å². The standard InChI is InChI=1S/C26H21ClF4N2O4S/c27-24-20(5-2-6-21(24)28)16-9-10-23-22(11-16)33(14-18(37-23)13-32-25(34)15-7-8-15)38(35,36)19-4-1-3-17(12-19)26(29,30)31/h1-6,9-12,15,18H,7-8,13-14H2,(H,32,34)/t18-/m0/s1. The van der Waals surface area contributed by atoms with E-state index in [1.165, 1.54) is 24.3 Å². The van der Waals surface area contributed by atoms with E-state index in [1.54, 1.807) is 12.1 Å². The van der Waals surface area contributed by atoms with E-state index in [-0.39, 0.29) is 41.4 Å². The molecule has 0 saturated heterocycles. The summed E-state index contributed by atoms with van der Waals surface area (Å²) in [5, 5.41) is 2.57. The summed E-state index contributed by atoms with van der Waals surface area (Å²) in [5.74, 6) is -0.774. The number of halogens is 5. The summed E-state index contributed by atoms with van der Waals surface area (Å²) in [6.45, 7) is -0.280. The Morgan fingerprint density at radius 2 is 1.82 bits per heavy atom. The normalized spacial score (nSPS) is 17.5. The lowest BCUT2D eigenvalue weighted by atomic mass is 10.0. The maximum absolute atomic E-state index is 14.1. The number of alkyl halides is 3. The zero-order valence-electron chi connectivity index (χ0n) is 19.6. The van der Waals surface area contributed by atoms with Crippen LogP contribution in [0.15, 0.2) is 65.6 Å². The summed E-state index contributed by atoms with van der Waals surface area (Å²) >= 11 is 6.13. The molecular formula is C26H21ClF4N2O4S. The van der Waals surface area contributed by atoms with Crippen molar-refractivity contribution in [2.45, 2.75) is 30.0 Å². The molecule has 1 aliphatic carbocycles.